The average Bonchev–Trinajstić information content (AvgIpc) is 2.66. The van der Waals surface area contributed by atoms with Gasteiger partial charge in [0.1, 0.15) is 5.75 Å². The summed E-state index contributed by atoms with van der Waals surface area (Å²) in [7, 11) is 1.66. The minimum Gasteiger partial charge on any atom is -0.482 e. The van der Waals surface area contributed by atoms with Crippen LogP contribution < -0.4 is 4.74 Å². The van der Waals surface area contributed by atoms with Gasteiger partial charge in [0.05, 0.1) is 0 Å². The Morgan fingerprint density at radius 2 is 1.63 bits per heavy atom. The molecule has 6 heteroatoms. The molecule has 2 rings (SSSR count). The van der Waals surface area contributed by atoms with E-state index in [0.29, 0.717) is 17.9 Å². The second-order valence-corrected chi connectivity index (χ2v) is 6.18. The molecule has 0 fully saturated rings. The van der Waals surface area contributed by atoms with Gasteiger partial charge >= 0.3 is 5.97 Å². The molecule has 27 heavy (non-hydrogen) atoms. The molecule has 0 aliphatic carbocycles. The first-order valence-corrected chi connectivity index (χ1v) is 8.59. The van der Waals surface area contributed by atoms with Gasteiger partial charge in [0, 0.05) is 19.2 Å². The van der Waals surface area contributed by atoms with E-state index in [0.717, 1.165) is 5.56 Å². The van der Waals surface area contributed by atoms with Gasteiger partial charge in [-0.25, -0.2) is 4.79 Å². The van der Waals surface area contributed by atoms with Crippen molar-refractivity contribution < 1.29 is 23.9 Å². The number of Topliss-reactive ketones (excluding diaryl/α,β-unsaturated/α-hetero) is 1. The van der Waals surface area contributed by atoms with Crippen LogP contribution in [0.15, 0.2) is 54.6 Å². The summed E-state index contributed by atoms with van der Waals surface area (Å²) in [5, 5.41) is 0. The van der Waals surface area contributed by atoms with Crippen LogP contribution in [0, 0.1) is 0 Å². The van der Waals surface area contributed by atoms with E-state index in [1.165, 1.54) is 18.7 Å². The third kappa shape index (κ3) is 6.26. The van der Waals surface area contributed by atoms with Gasteiger partial charge in [-0.15, -0.1) is 0 Å². The van der Waals surface area contributed by atoms with Crippen LogP contribution in [0.1, 0.15) is 29.8 Å². The Bertz CT molecular complexity index is 786. The highest BCUT2D eigenvalue weighted by atomic mass is 16.6. The van der Waals surface area contributed by atoms with E-state index in [1.54, 1.807) is 31.3 Å². The molecule has 0 bridgehead atoms. The number of nitrogens with zero attached hydrogens (tertiary/aromatic N) is 1. The fraction of sp³-hybridized carbons (Fsp3) is 0.286. The van der Waals surface area contributed by atoms with Crippen LogP contribution in [0.25, 0.3) is 0 Å². The lowest BCUT2D eigenvalue weighted by Gasteiger charge is -2.21. The van der Waals surface area contributed by atoms with E-state index in [1.807, 2.05) is 30.3 Å². The normalized spacial score (nSPS) is 11.4. The van der Waals surface area contributed by atoms with Crippen LogP contribution >= 0.6 is 0 Å². The quantitative estimate of drug-likeness (QED) is 0.528. The Morgan fingerprint density at radius 3 is 2.22 bits per heavy atom. The van der Waals surface area contributed by atoms with Crippen molar-refractivity contribution in [2.45, 2.75) is 26.5 Å². The lowest BCUT2D eigenvalue weighted by molar-refractivity contribution is -0.160. The first-order chi connectivity index (χ1) is 12.9. The average molecular weight is 369 g/mol. The largest absolute Gasteiger partial charge is 0.482 e. The van der Waals surface area contributed by atoms with Gasteiger partial charge in [-0.1, -0.05) is 30.3 Å². The van der Waals surface area contributed by atoms with Gasteiger partial charge in [-0.3, -0.25) is 9.59 Å². The van der Waals surface area contributed by atoms with E-state index in [4.69, 9.17) is 9.47 Å². The number of likely N-dealkylation sites (N-methyl/N-ethyl adjacent to an activating group) is 1. The summed E-state index contributed by atoms with van der Waals surface area (Å²) in [6, 6.07) is 16.0. The fourth-order valence-corrected chi connectivity index (χ4v) is 2.46. The first kappa shape index (κ1) is 20.2. The van der Waals surface area contributed by atoms with Crippen molar-refractivity contribution in [3.8, 4) is 5.75 Å². The Labute approximate surface area is 158 Å². The fourth-order valence-electron chi connectivity index (χ4n) is 2.46. The number of benzene rings is 2. The molecule has 0 N–H and O–H groups in total. The summed E-state index contributed by atoms with van der Waals surface area (Å²) in [5.41, 5.74) is 1.55. The standard InChI is InChI=1S/C21H23NO5/c1-15(23)18-9-11-19(12-10-18)26-14-20(24)27-16(2)21(25)22(3)13-17-7-5-4-6-8-17/h4-12,16H,13-14H2,1-3H3/t16-/m1/s1. The molecule has 0 aliphatic rings. The van der Waals surface area contributed by atoms with Gasteiger partial charge < -0.3 is 14.4 Å². The zero-order valence-corrected chi connectivity index (χ0v) is 15.7. The molecule has 0 heterocycles. The Kier molecular flexibility index (Phi) is 7.11. The third-order valence-corrected chi connectivity index (χ3v) is 3.91. The maximum absolute atomic E-state index is 12.3. The van der Waals surface area contributed by atoms with E-state index >= 15 is 0 Å². The van der Waals surface area contributed by atoms with Crippen LogP contribution in [0.5, 0.6) is 5.75 Å². The van der Waals surface area contributed by atoms with E-state index < -0.39 is 12.1 Å². The second-order valence-electron chi connectivity index (χ2n) is 6.18. The monoisotopic (exact) mass is 369 g/mol. The van der Waals surface area contributed by atoms with Crippen molar-refractivity contribution >= 4 is 17.7 Å². The molecule has 0 saturated carbocycles. The lowest BCUT2D eigenvalue weighted by Crippen LogP contribution is -2.37. The highest BCUT2D eigenvalue weighted by Gasteiger charge is 2.21. The molecule has 1 atom stereocenters. The molecule has 0 spiro atoms. The van der Waals surface area contributed by atoms with Gasteiger partial charge in [0.25, 0.3) is 5.91 Å². The van der Waals surface area contributed by atoms with Crippen LogP contribution in [-0.2, 0) is 20.9 Å². The van der Waals surface area contributed by atoms with Crippen LogP contribution in [0.3, 0.4) is 0 Å². The molecule has 0 unspecified atom stereocenters. The summed E-state index contributed by atoms with van der Waals surface area (Å²) in [5.74, 6) is -0.539. The molecule has 0 aliphatic heterocycles. The number of ether oxygens (including phenoxy) is 2. The number of amides is 1. The maximum Gasteiger partial charge on any atom is 0.344 e. The van der Waals surface area contributed by atoms with E-state index in [9.17, 15) is 14.4 Å². The number of carbonyl (C=O) groups is 3. The zero-order chi connectivity index (χ0) is 19.8. The summed E-state index contributed by atoms with van der Waals surface area (Å²) in [6.07, 6.45) is -0.907. The number of esters is 1. The van der Waals surface area contributed by atoms with Crippen LogP contribution in [0.4, 0.5) is 0 Å². The number of hydrogen-bond acceptors (Lipinski definition) is 5. The smallest absolute Gasteiger partial charge is 0.344 e. The SMILES string of the molecule is CC(=O)c1ccc(OCC(=O)O[C@H](C)C(=O)N(C)Cc2ccccc2)cc1. The lowest BCUT2D eigenvalue weighted by atomic mass is 10.1. The van der Waals surface area contributed by atoms with E-state index in [2.05, 4.69) is 0 Å². The molecule has 0 radical (unpaired) electrons. The van der Waals surface area contributed by atoms with E-state index in [-0.39, 0.29) is 18.3 Å². The minimum atomic E-state index is -0.907. The number of ketones is 1. The number of hydrogen-bond donors (Lipinski definition) is 0. The topological polar surface area (TPSA) is 72.9 Å². The maximum atomic E-state index is 12.3. The first-order valence-electron chi connectivity index (χ1n) is 8.59. The summed E-state index contributed by atoms with van der Waals surface area (Å²) < 4.78 is 10.5. The van der Waals surface area contributed by atoms with Crippen LogP contribution in [0.2, 0.25) is 0 Å². The molecule has 0 aromatic heterocycles. The molecule has 1 amide bonds. The Balaban J connectivity index is 1.80. The van der Waals surface area contributed by atoms with Gasteiger partial charge in [0.15, 0.2) is 18.5 Å². The zero-order valence-electron chi connectivity index (χ0n) is 15.7. The van der Waals surface area contributed by atoms with Crippen molar-refractivity contribution in [3.05, 3.63) is 65.7 Å². The predicted molar refractivity (Wildman–Crippen MR) is 100 cm³/mol. The van der Waals surface area contributed by atoms with Gasteiger partial charge in [0.2, 0.25) is 0 Å². The Morgan fingerprint density at radius 1 is 1.00 bits per heavy atom. The van der Waals surface area contributed by atoms with Crippen molar-refractivity contribution in [2.24, 2.45) is 0 Å². The molecular formula is C21H23NO5. The number of rotatable bonds is 8. The van der Waals surface area contributed by atoms with Crippen molar-refractivity contribution in [2.75, 3.05) is 13.7 Å². The molecule has 2 aromatic rings. The van der Waals surface area contributed by atoms with Crippen molar-refractivity contribution in [1.82, 2.24) is 4.90 Å². The minimum absolute atomic E-state index is 0.0482. The molecular weight excluding hydrogens is 346 g/mol. The molecule has 6 nitrogen and oxygen atoms in total. The molecule has 0 saturated heterocycles. The van der Waals surface area contributed by atoms with Gasteiger partial charge in [-0.2, -0.15) is 0 Å². The molecule has 2 aromatic carbocycles. The summed E-state index contributed by atoms with van der Waals surface area (Å²) in [6.45, 7) is 3.11. The van der Waals surface area contributed by atoms with Gasteiger partial charge in [-0.05, 0) is 43.7 Å². The van der Waals surface area contributed by atoms with Crippen LogP contribution in [-0.4, -0.2) is 42.3 Å². The molecule has 142 valence electrons. The van der Waals surface area contributed by atoms with Crippen molar-refractivity contribution in [3.63, 3.8) is 0 Å². The summed E-state index contributed by atoms with van der Waals surface area (Å²) >= 11 is 0. The highest BCUT2D eigenvalue weighted by molar-refractivity contribution is 5.94. The number of carbonyl (C=O) groups excluding carboxylic acids is 3. The Hall–Kier alpha value is -3.15. The summed E-state index contributed by atoms with van der Waals surface area (Å²) in [4.78, 5) is 37.0. The third-order valence-electron chi connectivity index (χ3n) is 3.91. The van der Waals surface area contributed by atoms with Crippen molar-refractivity contribution in [1.29, 1.82) is 0 Å². The highest BCUT2D eigenvalue weighted by Crippen LogP contribution is 2.13. The predicted octanol–water partition coefficient (Wildman–Crippen LogP) is 2.86. The second kappa shape index (κ2) is 9.52.